The Bertz CT molecular complexity index is 1050. The predicted octanol–water partition coefficient (Wildman–Crippen LogP) is 2.85. The smallest absolute Gasteiger partial charge is 0.419 e. The van der Waals surface area contributed by atoms with Gasteiger partial charge >= 0.3 is 11.7 Å². The van der Waals surface area contributed by atoms with E-state index in [1.54, 1.807) is 24.3 Å². The highest BCUT2D eigenvalue weighted by atomic mass is 16.5. The number of aryl methyl sites for hydroxylation is 2. The van der Waals surface area contributed by atoms with Gasteiger partial charge in [0.2, 0.25) is 5.78 Å². The highest BCUT2D eigenvalue weighted by molar-refractivity contribution is 5.99. The van der Waals surface area contributed by atoms with Gasteiger partial charge in [0, 0.05) is 30.0 Å². The number of ether oxygens (including phenoxy) is 1. The summed E-state index contributed by atoms with van der Waals surface area (Å²) in [5.74, 6) is -1.29. The molecule has 0 aliphatic rings. The number of carbonyl (C=O) groups excluding carboxylic acids is 2. The maximum absolute atomic E-state index is 12.4. The largest absolute Gasteiger partial charge is 0.457 e. The van der Waals surface area contributed by atoms with Crippen LogP contribution in [-0.2, 0) is 22.6 Å². The molecule has 0 bridgehead atoms. The van der Waals surface area contributed by atoms with Crippen molar-refractivity contribution < 1.29 is 18.7 Å². The Kier molecular flexibility index (Phi) is 5.30. The fourth-order valence-electron chi connectivity index (χ4n) is 3.29. The number of Topliss-reactive ketones (excluding diaryl/α,β-unsaturated/α-hetero) is 1. The Morgan fingerprint density at radius 3 is 2.59 bits per heavy atom. The molecule has 1 aromatic carbocycles. The van der Waals surface area contributed by atoms with E-state index in [0.29, 0.717) is 16.7 Å². The van der Waals surface area contributed by atoms with Crippen LogP contribution < -0.4 is 5.76 Å². The zero-order valence-corrected chi connectivity index (χ0v) is 15.7. The number of hydrogen-bond acceptors (Lipinski definition) is 5. The Morgan fingerprint density at radius 1 is 1.15 bits per heavy atom. The third-order valence-electron chi connectivity index (χ3n) is 4.67. The SMILES string of the molecule is CCn1c(C)cc(C(=O)COC(=O)CCn2c(=O)oc3ccccc32)c1C. The second-order valence-corrected chi connectivity index (χ2v) is 6.35. The number of carbonyl (C=O) groups is 2. The monoisotopic (exact) mass is 370 g/mol. The molecule has 0 spiro atoms. The maximum Gasteiger partial charge on any atom is 0.419 e. The molecule has 0 radical (unpaired) electrons. The fourth-order valence-corrected chi connectivity index (χ4v) is 3.29. The summed E-state index contributed by atoms with van der Waals surface area (Å²) in [6, 6.07) is 8.81. The molecule has 0 amide bonds. The van der Waals surface area contributed by atoms with Crippen LogP contribution in [0.3, 0.4) is 0 Å². The van der Waals surface area contributed by atoms with Crippen molar-refractivity contribution in [2.24, 2.45) is 0 Å². The molecule has 27 heavy (non-hydrogen) atoms. The molecule has 3 aromatic rings. The molecule has 0 N–H and O–H groups in total. The van der Waals surface area contributed by atoms with Gasteiger partial charge in [0.25, 0.3) is 0 Å². The summed E-state index contributed by atoms with van der Waals surface area (Å²) >= 11 is 0. The number of aromatic nitrogens is 2. The van der Waals surface area contributed by atoms with Gasteiger partial charge in [-0.2, -0.15) is 0 Å². The summed E-state index contributed by atoms with van der Waals surface area (Å²) in [6.07, 6.45) is -0.0231. The van der Waals surface area contributed by atoms with Gasteiger partial charge in [-0.3, -0.25) is 14.2 Å². The zero-order valence-electron chi connectivity index (χ0n) is 15.7. The number of esters is 1. The molecule has 0 fully saturated rings. The van der Waals surface area contributed by atoms with Crippen molar-refractivity contribution in [1.82, 2.24) is 9.13 Å². The summed E-state index contributed by atoms with van der Waals surface area (Å²) in [6.45, 7) is 6.42. The first kappa shape index (κ1) is 18.7. The van der Waals surface area contributed by atoms with Crippen molar-refractivity contribution in [2.45, 2.75) is 40.3 Å². The van der Waals surface area contributed by atoms with E-state index in [4.69, 9.17) is 9.15 Å². The summed E-state index contributed by atoms with van der Waals surface area (Å²) in [5.41, 5.74) is 3.53. The molecule has 142 valence electrons. The summed E-state index contributed by atoms with van der Waals surface area (Å²) in [5, 5.41) is 0. The molecular weight excluding hydrogens is 348 g/mol. The van der Waals surface area contributed by atoms with Gasteiger partial charge in [-0.1, -0.05) is 12.1 Å². The highest BCUT2D eigenvalue weighted by Crippen LogP contribution is 2.16. The minimum atomic E-state index is -0.537. The highest BCUT2D eigenvalue weighted by Gasteiger charge is 2.17. The molecule has 0 aliphatic heterocycles. The Hall–Kier alpha value is -3.09. The summed E-state index contributed by atoms with van der Waals surface area (Å²) < 4.78 is 13.6. The first-order valence-electron chi connectivity index (χ1n) is 8.86. The van der Waals surface area contributed by atoms with Crippen molar-refractivity contribution >= 4 is 22.9 Å². The lowest BCUT2D eigenvalue weighted by Gasteiger charge is -2.07. The number of oxazole rings is 1. The van der Waals surface area contributed by atoms with E-state index in [9.17, 15) is 14.4 Å². The third kappa shape index (κ3) is 3.72. The normalized spacial score (nSPS) is 11.1. The van der Waals surface area contributed by atoms with Crippen LogP contribution >= 0.6 is 0 Å². The van der Waals surface area contributed by atoms with E-state index in [1.807, 2.05) is 31.4 Å². The van der Waals surface area contributed by atoms with E-state index in [1.165, 1.54) is 4.57 Å². The van der Waals surface area contributed by atoms with E-state index in [-0.39, 0.29) is 25.4 Å². The Morgan fingerprint density at radius 2 is 1.89 bits per heavy atom. The van der Waals surface area contributed by atoms with Crippen LogP contribution in [0, 0.1) is 13.8 Å². The van der Waals surface area contributed by atoms with Crippen LogP contribution in [0.4, 0.5) is 0 Å². The van der Waals surface area contributed by atoms with Crippen molar-refractivity contribution in [1.29, 1.82) is 0 Å². The molecule has 2 aromatic heterocycles. The summed E-state index contributed by atoms with van der Waals surface area (Å²) in [4.78, 5) is 36.3. The van der Waals surface area contributed by atoms with Crippen LogP contribution in [0.5, 0.6) is 0 Å². The molecular formula is C20H22N2O5. The minimum Gasteiger partial charge on any atom is -0.457 e. The molecule has 0 unspecified atom stereocenters. The van der Waals surface area contributed by atoms with Crippen molar-refractivity contribution in [3.63, 3.8) is 0 Å². The average molecular weight is 370 g/mol. The zero-order chi connectivity index (χ0) is 19.6. The van der Waals surface area contributed by atoms with Crippen molar-refractivity contribution in [3.8, 4) is 0 Å². The lowest BCUT2D eigenvalue weighted by molar-refractivity contribution is -0.142. The number of benzene rings is 1. The van der Waals surface area contributed by atoms with Gasteiger partial charge in [-0.05, 0) is 39.0 Å². The average Bonchev–Trinajstić information content (AvgIpc) is 3.12. The van der Waals surface area contributed by atoms with E-state index < -0.39 is 11.7 Å². The number of ketones is 1. The number of rotatable bonds is 7. The number of para-hydroxylation sites is 2. The Balaban J connectivity index is 1.59. The lowest BCUT2D eigenvalue weighted by Crippen LogP contribution is -2.19. The van der Waals surface area contributed by atoms with Crippen LogP contribution in [0.2, 0.25) is 0 Å². The van der Waals surface area contributed by atoms with Gasteiger partial charge in [-0.15, -0.1) is 0 Å². The molecule has 2 heterocycles. The lowest BCUT2D eigenvalue weighted by atomic mass is 10.1. The predicted molar refractivity (Wildman–Crippen MR) is 100.0 cm³/mol. The number of nitrogens with zero attached hydrogens (tertiary/aromatic N) is 2. The topological polar surface area (TPSA) is 83.4 Å². The second kappa shape index (κ2) is 7.65. The first-order valence-corrected chi connectivity index (χ1v) is 8.86. The van der Waals surface area contributed by atoms with E-state index in [0.717, 1.165) is 17.9 Å². The molecule has 0 saturated carbocycles. The van der Waals surface area contributed by atoms with Crippen molar-refractivity contribution in [2.75, 3.05) is 6.61 Å². The Labute approximate surface area is 156 Å². The van der Waals surface area contributed by atoms with E-state index in [2.05, 4.69) is 0 Å². The van der Waals surface area contributed by atoms with Crippen LogP contribution in [0.25, 0.3) is 11.1 Å². The van der Waals surface area contributed by atoms with Gasteiger partial charge in [0.15, 0.2) is 12.2 Å². The molecule has 7 nitrogen and oxygen atoms in total. The van der Waals surface area contributed by atoms with Gasteiger partial charge in [0.1, 0.15) is 0 Å². The second-order valence-electron chi connectivity index (χ2n) is 6.35. The van der Waals surface area contributed by atoms with E-state index >= 15 is 0 Å². The molecule has 3 rings (SSSR count). The van der Waals surface area contributed by atoms with Crippen LogP contribution in [0.15, 0.2) is 39.5 Å². The van der Waals surface area contributed by atoms with Gasteiger partial charge in [-0.25, -0.2) is 4.79 Å². The quantitative estimate of drug-likeness (QED) is 0.472. The molecule has 7 heteroatoms. The van der Waals surface area contributed by atoms with Crippen molar-refractivity contribution in [3.05, 3.63) is 57.8 Å². The first-order chi connectivity index (χ1) is 12.9. The van der Waals surface area contributed by atoms with Crippen LogP contribution in [-0.4, -0.2) is 27.5 Å². The minimum absolute atomic E-state index is 0.0231. The molecule has 0 saturated heterocycles. The van der Waals surface area contributed by atoms with Gasteiger partial charge in [0.05, 0.1) is 11.9 Å². The number of hydrogen-bond donors (Lipinski definition) is 0. The maximum atomic E-state index is 12.4. The standard InChI is InChI=1S/C20H22N2O5/c1-4-21-13(2)11-15(14(21)3)17(23)12-26-19(24)9-10-22-16-7-5-6-8-18(16)27-20(22)25/h5-8,11H,4,9-10,12H2,1-3H3. The van der Waals surface area contributed by atoms with Crippen LogP contribution in [0.1, 0.15) is 35.1 Å². The molecule has 0 aliphatic carbocycles. The third-order valence-corrected chi connectivity index (χ3v) is 4.67. The fraction of sp³-hybridized carbons (Fsp3) is 0.350. The van der Waals surface area contributed by atoms with Gasteiger partial charge < -0.3 is 13.7 Å². The number of fused-ring (bicyclic) bond motifs is 1. The summed E-state index contributed by atoms with van der Waals surface area (Å²) in [7, 11) is 0. The molecule has 0 atom stereocenters.